The lowest BCUT2D eigenvalue weighted by molar-refractivity contribution is -0.140. The van der Waals surface area contributed by atoms with Crippen molar-refractivity contribution in [3.8, 4) is 0 Å². The quantitative estimate of drug-likeness (QED) is 0.674. The molecule has 1 saturated carbocycles. The largest absolute Gasteiger partial charge is 0.421 e. The number of morpholine rings is 1. The van der Waals surface area contributed by atoms with E-state index in [0.29, 0.717) is 51.1 Å². The fraction of sp³-hybridized carbons (Fsp3) is 0.636. The maximum atomic E-state index is 12.9. The zero-order valence-corrected chi connectivity index (χ0v) is 18.6. The Kier molecular flexibility index (Phi) is 5.65. The number of fused-ring (bicyclic) bond motifs is 1. The average Bonchev–Trinajstić information content (AvgIpc) is 2.74. The van der Waals surface area contributed by atoms with Crippen LogP contribution in [-0.4, -0.2) is 82.8 Å². The molecule has 0 radical (unpaired) electrons. The van der Waals surface area contributed by atoms with Crippen LogP contribution in [0.4, 0.5) is 18.0 Å². The first-order valence-corrected chi connectivity index (χ1v) is 11.4. The standard InChI is InChI=1S/C22H27F3N6O3/c23-22(24,25)15(6-26)19-27-7-14(8-28-19)3-13-4-21(5-13)11-31(12-21)20(33)30-2-1-17-16(9-30)29-18(32)10-34-17/h6-8,13,16-17H,1-5,9-12,26H2,(H,29,32)/b15-6+/t16-,17+/m1/s1. The van der Waals surface area contributed by atoms with Crippen LogP contribution < -0.4 is 11.1 Å². The molecule has 4 heterocycles. The molecule has 1 aromatic rings. The molecule has 3 aliphatic heterocycles. The van der Waals surface area contributed by atoms with Gasteiger partial charge in [0, 0.05) is 50.2 Å². The summed E-state index contributed by atoms with van der Waals surface area (Å²) in [5.74, 6) is -0.180. The third-order valence-electron chi connectivity index (χ3n) is 7.30. The fourth-order valence-corrected chi connectivity index (χ4v) is 5.77. The first-order chi connectivity index (χ1) is 16.2. The number of rotatable bonds is 3. The lowest BCUT2D eigenvalue weighted by Crippen LogP contribution is -2.68. The minimum atomic E-state index is -4.60. The Morgan fingerprint density at radius 2 is 1.97 bits per heavy atom. The number of hydrogen-bond donors (Lipinski definition) is 2. The van der Waals surface area contributed by atoms with E-state index in [1.54, 1.807) is 4.90 Å². The van der Waals surface area contributed by atoms with Crippen LogP contribution in [0.2, 0.25) is 0 Å². The third kappa shape index (κ3) is 4.30. The van der Waals surface area contributed by atoms with Crippen molar-refractivity contribution in [1.82, 2.24) is 25.1 Å². The summed E-state index contributed by atoms with van der Waals surface area (Å²) in [5, 5.41) is 2.91. The van der Waals surface area contributed by atoms with Crippen molar-refractivity contribution in [2.45, 2.75) is 44.0 Å². The Labute approximate surface area is 194 Å². The summed E-state index contributed by atoms with van der Waals surface area (Å²) in [7, 11) is 0. The van der Waals surface area contributed by atoms with E-state index in [2.05, 4.69) is 15.3 Å². The lowest BCUT2D eigenvalue weighted by Gasteiger charge is -2.60. The molecule has 9 nitrogen and oxygen atoms in total. The summed E-state index contributed by atoms with van der Waals surface area (Å²) in [6.45, 7) is 2.59. The van der Waals surface area contributed by atoms with Crippen LogP contribution in [-0.2, 0) is 16.0 Å². The van der Waals surface area contributed by atoms with E-state index >= 15 is 0 Å². The molecule has 3 N–H and O–H groups in total. The third-order valence-corrected chi connectivity index (χ3v) is 7.30. The number of hydrogen-bond acceptors (Lipinski definition) is 6. The van der Waals surface area contributed by atoms with Gasteiger partial charge in [-0.05, 0) is 37.2 Å². The van der Waals surface area contributed by atoms with Gasteiger partial charge >= 0.3 is 12.2 Å². The Bertz CT molecular complexity index is 985. The molecule has 2 atom stereocenters. The van der Waals surface area contributed by atoms with Gasteiger partial charge in [-0.3, -0.25) is 4.79 Å². The van der Waals surface area contributed by atoms with Gasteiger partial charge in [0.25, 0.3) is 0 Å². The molecule has 4 aliphatic rings. The van der Waals surface area contributed by atoms with Crippen molar-refractivity contribution in [2.75, 3.05) is 32.8 Å². The van der Waals surface area contributed by atoms with Gasteiger partial charge in [-0.2, -0.15) is 13.2 Å². The summed E-state index contributed by atoms with van der Waals surface area (Å²) in [6, 6.07) is -0.145. The van der Waals surface area contributed by atoms with Crippen LogP contribution in [0, 0.1) is 11.3 Å². The maximum absolute atomic E-state index is 12.9. The van der Waals surface area contributed by atoms with Crippen molar-refractivity contribution in [2.24, 2.45) is 17.1 Å². The normalized spacial score (nSPS) is 27.0. The molecule has 0 aromatic carbocycles. The number of nitrogens with one attached hydrogen (secondary N) is 1. The van der Waals surface area contributed by atoms with Gasteiger partial charge in [0.2, 0.25) is 5.91 Å². The monoisotopic (exact) mass is 480 g/mol. The van der Waals surface area contributed by atoms with Gasteiger partial charge in [0.05, 0.1) is 12.1 Å². The zero-order chi connectivity index (χ0) is 24.1. The number of nitrogens with zero attached hydrogens (tertiary/aromatic N) is 4. The zero-order valence-electron chi connectivity index (χ0n) is 18.6. The predicted octanol–water partition coefficient (Wildman–Crippen LogP) is 1.30. The Morgan fingerprint density at radius 1 is 1.26 bits per heavy atom. The Balaban J connectivity index is 1.08. The van der Waals surface area contributed by atoms with Crippen LogP contribution in [0.25, 0.3) is 5.57 Å². The van der Waals surface area contributed by atoms with E-state index in [4.69, 9.17) is 10.5 Å². The van der Waals surface area contributed by atoms with Crippen molar-refractivity contribution in [3.05, 3.63) is 30.0 Å². The molecular formula is C22H27F3N6O3. The molecule has 1 spiro atoms. The van der Waals surface area contributed by atoms with Gasteiger partial charge in [-0.25, -0.2) is 14.8 Å². The lowest BCUT2D eigenvalue weighted by atomic mass is 9.56. The van der Waals surface area contributed by atoms with E-state index < -0.39 is 17.6 Å². The maximum Gasteiger partial charge on any atom is 0.421 e. The van der Waals surface area contributed by atoms with E-state index in [1.165, 1.54) is 12.4 Å². The molecule has 3 amide bonds. The number of amides is 3. The number of nitrogens with two attached hydrogens (primary N) is 1. The molecule has 184 valence electrons. The molecule has 3 saturated heterocycles. The van der Waals surface area contributed by atoms with Crippen molar-refractivity contribution in [1.29, 1.82) is 0 Å². The number of urea groups is 1. The van der Waals surface area contributed by atoms with Crippen molar-refractivity contribution < 1.29 is 27.5 Å². The summed E-state index contributed by atoms with van der Waals surface area (Å²) in [6.07, 6.45) is 2.04. The molecule has 1 aliphatic carbocycles. The second-order valence-electron chi connectivity index (χ2n) is 9.87. The number of halogens is 3. The highest BCUT2D eigenvalue weighted by Gasteiger charge is 2.54. The Morgan fingerprint density at radius 3 is 2.62 bits per heavy atom. The van der Waals surface area contributed by atoms with Crippen LogP contribution in [0.15, 0.2) is 18.6 Å². The second kappa shape index (κ2) is 8.40. The minimum Gasteiger partial charge on any atom is -0.404 e. The number of piperidine rings is 1. The molecule has 4 fully saturated rings. The topological polar surface area (TPSA) is 114 Å². The minimum absolute atomic E-state index is 0.00441. The average molecular weight is 480 g/mol. The van der Waals surface area contributed by atoms with Gasteiger partial charge in [0.1, 0.15) is 12.2 Å². The van der Waals surface area contributed by atoms with Crippen LogP contribution in [0.3, 0.4) is 0 Å². The molecule has 12 heteroatoms. The summed E-state index contributed by atoms with van der Waals surface area (Å²) in [4.78, 5) is 35.8. The number of carbonyl (C=O) groups is 2. The number of allylic oxidation sites excluding steroid dienone is 1. The summed E-state index contributed by atoms with van der Waals surface area (Å²) >= 11 is 0. The highest BCUT2D eigenvalue weighted by Crippen LogP contribution is 2.53. The van der Waals surface area contributed by atoms with E-state index in [9.17, 15) is 22.8 Å². The predicted molar refractivity (Wildman–Crippen MR) is 114 cm³/mol. The first-order valence-electron chi connectivity index (χ1n) is 11.4. The smallest absolute Gasteiger partial charge is 0.404 e. The van der Waals surface area contributed by atoms with Gasteiger partial charge < -0.3 is 25.6 Å². The first kappa shape index (κ1) is 22.9. The van der Waals surface area contributed by atoms with Crippen LogP contribution in [0.5, 0.6) is 0 Å². The number of ether oxygens (including phenoxy) is 1. The highest BCUT2D eigenvalue weighted by molar-refractivity contribution is 5.79. The molecule has 0 unspecified atom stereocenters. The van der Waals surface area contributed by atoms with Gasteiger partial charge in [-0.15, -0.1) is 0 Å². The van der Waals surface area contributed by atoms with Gasteiger partial charge in [0.15, 0.2) is 5.82 Å². The van der Waals surface area contributed by atoms with Crippen molar-refractivity contribution in [3.63, 3.8) is 0 Å². The molecular weight excluding hydrogens is 453 g/mol. The molecule has 5 rings (SSSR count). The SMILES string of the molecule is N/C=C(\c1ncc(CC2CC3(C2)CN(C(=O)N2CC[C@@H]4OCC(=O)N[C@@H]4C2)C3)cn1)C(F)(F)F. The number of likely N-dealkylation sites (tertiary alicyclic amines) is 2. The summed E-state index contributed by atoms with van der Waals surface area (Å²) in [5.41, 5.74) is 4.96. The fourth-order valence-electron chi connectivity index (χ4n) is 5.77. The number of alkyl halides is 3. The summed E-state index contributed by atoms with van der Waals surface area (Å²) < 4.78 is 44.3. The highest BCUT2D eigenvalue weighted by atomic mass is 19.4. The second-order valence-corrected chi connectivity index (χ2v) is 9.87. The molecule has 0 bridgehead atoms. The van der Waals surface area contributed by atoms with E-state index in [1.807, 2.05) is 4.90 Å². The van der Waals surface area contributed by atoms with E-state index in [0.717, 1.165) is 18.4 Å². The Hall–Kier alpha value is -2.89. The number of aromatic nitrogens is 2. The van der Waals surface area contributed by atoms with Gasteiger partial charge in [-0.1, -0.05) is 0 Å². The molecule has 34 heavy (non-hydrogen) atoms. The van der Waals surface area contributed by atoms with Crippen LogP contribution in [0.1, 0.15) is 30.7 Å². The van der Waals surface area contributed by atoms with Crippen molar-refractivity contribution >= 4 is 17.5 Å². The van der Waals surface area contributed by atoms with Crippen LogP contribution >= 0.6 is 0 Å². The van der Waals surface area contributed by atoms with E-state index in [-0.39, 0.29) is 36.1 Å². The molecule has 1 aromatic heterocycles. The number of carbonyl (C=O) groups excluding carboxylic acids is 2.